The molecule has 1 aromatic rings. The van der Waals surface area contributed by atoms with E-state index in [1.807, 2.05) is 14.1 Å². The van der Waals surface area contributed by atoms with Crippen LogP contribution in [0, 0.1) is 0 Å². The molecule has 0 heterocycles. The minimum absolute atomic E-state index is 0.237. The first-order valence-corrected chi connectivity index (χ1v) is 6.18. The van der Waals surface area contributed by atoms with Gasteiger partial charge in [-0.1, -0.05) is 12.1 Å². The number of rotatable bonds is 6. The second kappa shape index (κ2) is 6.62. The molecule has 0 aliphatic heterocycles. The minimum Gasteiger partial charge on any atom is -0.396 e. The van der Waals surface area contributed by atoms with Crippen LogP contribution in [0.1, 0.15) is 31.9 Å². The van der Waals surface area contributed by atoms with Crippen molar-refractivity contribution in [3.05, 3.63) is 29.8 Å². The van der Waals surface area contributed by atoms with Gasteiger partial charge in [0.2, 0.25) is 0 Å². The molecule has 1 aromatic carbocycles. The molecule has 1 unspecified atom stereocenters. The lowest BCUT2D eigenvalue weighted by Crippen LogP contribution is -2.29. The summed E-state index contributed by atoms with van der Waals surface area (Å²) in [6, 6.07) is 9.21. The van der Waals surface area contributed by atoms with Crippen LogP contribution in [0.15, 0.2) is 24.3 Å². The van der Waals surface area contributed by atoms with Crippen LogP contribution < -0.4 is 10.2 Å². The van der Waals surface area contributed by atoms with Crippen molar-refractivity contribution >= 4 is 5.69 Å². The molecule has 0 bridgehead atoms. The maximum atomic E-state index is 8.87. The van der Waals surface area contributed by atoms with Crippen LogP contribution in [0.4, 0.5) is 5.69 Å². The fraction of sp³-hybridized carbons (Fsp3) is 0.571. The molecule has 0 saturated carbocycles. The highest BCUT2D eigenvalue weighted by Gasteiger charge is 2.09. The second-order valence-corrected chi connectivity index (χ2v) is 4.79. The Bertz CT molecular complexity index is 321. The molecule has 2 N–H and O–H groups in total. The van der Waals surface area contributed by atoms with E-state index in [-0.39, 0.29) is 6.61 Å². The summed E-state index contributed by atoms with van der Waals surface area (Å²) >= 11 is 0. The molecule has 1 rings (SSSR count). The van der Waals surface area contributed by atoms with Gasteiger partial charge < -0.3 is 15.3 Å². The van der Waals surface area contributed by atoms with Gasteiger partial charge >= 0.3 is 0 Å². The topological polar surface area (TPSA) is 35.5 Å². The maximum Gasteiger partial charge on any atom is 0.0445 e. The van der Waals surface area contributed by atoms with E-state index in [9.17, 15) is 0 Å². The number of hydrogen-bond acceptors (Lipinski definition) is 3. The van der Waals surface area contributed by atoms with Gasteiger partial charge in [0.1, 0.15) is 0 Å². The molecular weight excluding hydrogens is 212 g/mol. The molecule has 3 nitrogen and oxygen atoms in total. The molecule has 0 radical (unpaired) electrons. The number of aliphatic hydroxyl groups is 1. The minimum atomic E-state index is 0.237. The number of benzene rings is 1. The lowest BCUT2D eigenvalue weighted by molar-refractivity contribution is 0.264. The van der Waals surface area contributed by atoms with Gasteiger partial charge in [-0.25, -0.2) is 0 Å². The van der Waals surface area contributed by atoms with Crippen molar-refractivity contribution in [1.82, 2.24) is 5.32 Å². The van der Waals surface area contributed by atoms with Crippen LogP contribution in [0.3, 0.4) is 0 Å². The van der Waals surface area contributed by atoms with Crippen molar-refractivity contribution in [2.24, 2.45) is 0 Å². The lowest BCUT2D eigenvalue weighted by atomic mass is 10.1. The van der Waals surface area contributed by atoms with Crippen LogP contribution >= 0.6 is 0 Å². The third-order valence-electron chi connectivity index (χ3n) is 3.01. The zero-order chi connectivity index (χ0) is 12.8. The summed E-state index contributed by atoms with van der Waals surface area (Å²) in [4.78, 5) is 2.09. The number of aliphatic hydroxyl groups excluding tert-OH is 1. The van der Waals surface area contributed by atoms with Crippen LogP contribution in [0.25, 0.3) is 0 Å². The zero-order valence-electron chi connectivity index (χ0n) is 11.3. The van der Waals surface area contributed by atoms with E-state index in [1.165, 1.54) is 11.3 Å². The average Bonchev–Trinajstić information content (AvgIpc) is 2.29. The summed E-state index contributed by atoms with van der Waals surface area (Å²) in [6.07, 6.45) is 0.792. The van der Waals surface area contributed by atoms with Crippen LogP contribution in [-0.4, -0.2) is 31.9 Å². The molecule has 96 valence electrons. The Morgan fingerprint density at radius 1 is 1.18 bits per heavy atom. The summed E-state index contributed by atoms with van der Waals surface area (Å²) < 4.78 is 0. The molecule has 0 amide bonds. The van der Waals surface area contributed by atoms with Crippen molar-refractivity contribution in [1.29, 1.82) is 0 Å². The fourth-order valence-electron chi connectivity index (χ4n) is 1.86. The SMILES string of the molecule is CC(N[C@H](C)CCO)c1ccc(N(C)C)cc1. The van der Waals surface area contributed by atoms with Crippen molar-refractivity contribution in [3.63, 3.8) is 0 Å². The Morgan fingerprint density at radius 3 is 2.24 bits per heavy atom. The van der Waals surface area contributed by atoms with Gasteiger partial charge in [-0.3, -0.25) is 0 Å². The summed E-state index contributed by atoms with van der Waals surface area (Å²) in [5.41, 5.74) is 2.49. The van der Waals surface area contributed by atoms with Crippen molar-refractivity contribution in [3.8, 4) is 0 Å². The van der Waals surface area contributed by atoms with E-state index in [0.717, 1.165) is 6.42 Å². The second-order valence-electron chi connectivity index (χ2n) is 4.79. The van der Waals surface area contributed by atoms with Crippen LogP contribution in [0.2, 0.25) is 0 Å². The van der Waals surface area contributed by atoms with Gasteiger partial charge in [-0.15, -0.1) is 0 Å². The Kier molecular flexibility index (Phi) is 5.45. The average molecular weight is 236 g/mol. The standard InChI is InChI=1S/C14H24N2O/c1-11(9-10-17)15-12(2)13-5-7-14(8-6-13)16(3)4/h5-8,11-12,15,17H,9-10H2,1-4H3/t11-,12?/m1/s1. The van der Waals surface area contributed by atoms with E-state index in [1.54, 1.807) is 0 Å². The summed E-state index contributed by atoms with van der Waals surface area (Å²) in [5, 5.41) is 12.3. The fourth-order valence-corrected chi connectivity index (χ4v) is 1.86. The van der Waals surface area contributed by atoms with Crippen LogP contribution in [-0.2, 0) is 0 Å². The molecule has 0 aromatic heterocycles. The monoisotopic (exact) mass is 236 g/mol. The molecule has 0 fully saturated rings. The summed E-state index contributed by atoms with van der Waals surface area (Å²) in [7, 11) is 4.08. The van der Waals surface area contributed by atoms with Gasteiger partial charge in [0.15, 0.2) is 0 Å². The van der Waals surface area contributed by atoms with Gasteiger partial charge in [0, 0.05) is 38.5 Å². The first-order chi connectivity index (χ1) is 8.04. The predicted molar refractivity (Wildman–Crippen MR) is 73.5 cm³/mol. The number of nitrogens with zero attached hydrogens (tertiary/aromatic N) is 1. The normalized spacial score (nSPS) is 14.4. The maximum absolute atomic E-state index is 8.87. The quantitative estimate of drug-likeness (QED) is 0.794. The molecule has 0 spiro atoms. The van der Waals surface area contributed by atoms with E-state index >= 15 is 0 Å². The first kappa shape index (κ1) is 14.0. The smallest absolute Gasteiger partial charge is 0.0445 e. The molecule has 0 saturated heterocycles. The summed E-state index contributed by atoms with van der Waals surface area (Å²) in [5.74, 6) is 0. The van der Waals surface area contributed by atoms with E-state index in [0.29, 0.717) is 12.1 Å². The van der Waals surface area contributed by atoms with Crippen molar-refractivity contribution in [2.45, 2.75) is 32.4 Å². The van der Waals surface area contributed by atoms with E-state index < -0.39 is 0 Å². The third kappa shape index (κ3) is 4.36. The molecular formula is C14H24N2O. The van der Waals surface area contributed by atoms with Crippen LogP contribution in [0.5, 0.6) is 0 Å². The third-order valence-corrected chi connectivity index (χ3v) is 3.01. The van der Waals surface area contributed by atoms with Gasteiger partial charge in [-0.05, 0) is 38.0 Å². The molecule has 3 heteroatoms. The Hall–Kier alpha value is -1.06. The highest BCUT2D eigenvalue weighted by Crippen LogP contribution is 2.18. The van der Waals surface area contributed by atoms with Crippen molar-refractivity contribution < 1.29 is 5.11 Å². The molecule has 0 aliphatic rings. The molecule has 2 atom stereocenters. The Morgan fingerprint density at radius 2 is 1.76 bits per heavy atom. The zero-order valence-corrected chi connectivity index (χ0v) is 11.3. The Balaban J connectivity index is 2.60. The number of anilines is 1. The molecule has 17 heavy (non-hydrogen) atoms. The number of hydrogen-bond donors (Lipinski definition) is 2. The number of nitrogens with one attached hydrogen (secondary N) is 1. The Labute approximate surface area is 104 Å². The van der Waals surface area contributed by atoms with E-state index in [2.05, 4.69) is 48.3 Å². The predicted octanol–water partition coefficient (Wildman–Crippen LogP) is 2.17. The summed E-state index contributed by atoms with van der Waals surface area (Å²) in [6.45, 7) is 4.49. The molecule has 0 aliphatic carbocycles. The van der Waals surface area contributed by atoms with Gasteiger partial charge in [-0.2, -0.15) is 0 Å². The van der Waals surface area contributed by atoms with Gasteiger partial charge in [0.05, 0.1) is 0 Å². The highest BCUT2D eigenvalue weighted by molar-refractivity contribution is 5.46. The van der Waals surface area contributed by atoms with Crippen molar-refractivity contribution in [2.75, 3.05) is 25.6 Å². The van der Waals surface area contributed by atoms with Gasteiger partial charge in [0.25, 0.3) is 0 Å². The first-order valence-electron chi connectivity index (χ1n) is 6.18. The van der Waals surface area contributed by atoms with E-state index in [4.69, 9.17) is 5.11 Å². The highest BCUT2D eigenvalue weighted by atomic mass is 16.3. The largest absolute Gasteiger partial charge is 0.396 e. The lowest BCUT2D eigenvalue weighted by Gasteiger charge is -2.20.